The van der Waals surface area contributed by atoms with Crippen molar-refractivity contribution in [2.24, 2.45) is 5.73 Å². The minimum absolute atomic E-state index is 0.213. The van der Waals surface area contributed by atoms with Gasteiger partial charge in [-0.25, -0.2) is 4.98 Å². The Hall–Kier alpha value is -2.96. The van der Waals surface area contributed by atoms with Gasteiger partial charge in [0.05, 0.1) is 23.5 Å². The number of benzene rings is 1. The molecule has 0 radical (unpaired) electrons. The summed E-state index contributed by atoms with van der Waals surface area (Å²) in [6, 6.07) is 6.80. The van der Waals surface area contributed by atoms with Gasteiger partial charge in [-0.15, -0.1) is 0 Å². The predicted molar refractivity (Wildman–Crippen MR) is 119 cm³/mol. The Labute approximate surface area is 179 Å². The van der Waals surface area contributed by atoms with Crippen LogP contribution < -0.4 is 5.73 Å². The molecule has 7 heteroatoms. The molecule has 1 aliphatic carbocycles. The van der Waals surface area contributed by atoms with Crippen LogP contribution in [0.25, 0.3) is 34.2 Å². The number of nitrogens with one attached hydrogen (secondary N) is 1. The van der Waals surface area contributed by atoms with E-state index in [0.717, 1.165) is 31.5 Å². The molecule has 1 aliphatic rings. The van der Waals surface area contributed by atoms with Crippen LogP contribution in [-0.4, -0.2) is 20.7 Å². The standard InChI is InChI=1S/C24H27F3N4/c1-3-12-31-22(15(2)28)21(30-23(31)16-8-5-4-6-9-16)19-13-17-10-7-11-18(20(17)29-19)14-24(25,26)27/h3,7,10-13,16,29H,2,4-6,8-9,14,28H2,1H3/b12-3-. The van der Waals surface area contributed by atoms with Crippen molar-refractivity contribution < 1.29 is 13.2 Å². The number of aromatic nitrogens is 3. The van der Waals surface area contributed by atoms with E-state index in [-0.39, 0.29) is 5.56 Å². The van der Waals surface area contributed by atoms with E-state index in [1.807, 2.05) is 29.8 Å². The first kappa shape index (κ1) is 21.3. The lowest BCUT2D eigenvalue weighted by Crippen LogP contribution is -2.11. The van der Waals surface area contributed by atoms with Crippen LogP contribution in [0.1, 0.15) is 62.0 Å². The van der Waals surface area contributed by atoms with Gasteiger partial charge in [0.2, 0.25) is 0 Å². The normalized spacial score (nSPS) is 15.9. The van der Waals surface area contributed by atoms with E-state index in [0.29, 0.717) is 39.6 Å². The number of hydrogen-bond donors (Lipinski definition) is 2. The summed E-state index contributed by atoms with van der Waals surface area (Å²) in [4.78, 5) is 8.15. The first-order valence-corrected chi connectivity index (χ1v) is 10.7. The van der Waals surface area contributed by atoms with Crippen molar-refractivity contribution in [3.8, 4) is 11.4 Å². The van der Waals surface area contributed by atoms with Gasteiger partial charge in [-0.1, -0.05) is 50.1 Å². The third-order valence-electron chi connectivity index (χ3n) is 5.90. The SMILES string of the molecule is C=C(N)c1c(-c2cc3cccc(CC(F)(F)F)c3[nH]2)nc(C2CCCCC2)n1/C=C\C. The highest BCUT2D eigenvalue weighted by atomic mass is 19.4. The van der Waals surface area contributed by atoms with Crippen LogP contribution in [0.3, 0.4) is 0 Å². The third-order valence-corrected chi connectivity index (χ3v) is 5.90. The van der Waals surface area contributed by atoms with E-state index in [1.54, 1.807) is 12.1 Å². The average Bonchev–Trinajstić information content (AvgIpc) is 3.30. The highest BCUT2D eigenvalue weighted by Crippen LogP contribution is 2.38. The molecule has 0 aliphatic heterocycles. The van der Waals surface area contributed by atoms with E-state index in [1.165, 1.54) is 12.5 Å². The van der Waals surface area contributed by atoms with Crippen molar-refractivity contribution in [3.05, 3.63) is 54.0 Å². The van der Waals surface area contributed by atoms with Crippen LogP contribution in [0.5, 0.6) is 0 Å². The monoisotopic (exact) mass is 428 g/mol. The van der Waals surface area contributed by atoms with Crippen molar-refractivity contribution in [2.45, 2.75) is 57.5 Å². The van der Waals surface area contributed by atoms with E-state index in [2.05, 4.69) is 11.6 Å². The summed E-state index contributed by atoms with van der Waals surface area (Å²) in [5.41, 5.74) is 9.19. The molecule has 31 heavy (non-hydrogen) atoms. The highest BCUT2D eigenvalue weighted by Gasteiger charge is 2.30. The minimum Gasteiger partial charge on any atom is -0.397 e. The summed E-state index contributed by atoms with van der Waals surface area (Å²) in [5.74, 6) is 1.26. The minimum atomic E-state index is -4.28. The number of para-hydroxylation sites is 1. The molecule has 0 saturated heterocycles. The fraction of sp³-hybridized carbons (Fsp3) is 0.375. The number of nitrogens with zero attached hydrogens (tertiary/aromatic N) is 2. The summed E-state index contributed by atoms with van der Waals surface area (Å²) in [5, 5.41) is 0.713. The molecule has 1 aromatic carbocycles. The zero-order chi connectivity index (χ0) is 22.2. The molecule has 164 valence electrons. The Morgan fingerprint density at radius 2 is 2.03 bits per heavy atom. The number of imidazole rings is 1. The number of alkyl halides is 3. The second-order valence-electron chi connectivity index (χ2n) is 8.24. The van der Waals surface area contributed by atoms with Crippen LogP contribution in [0.4, 0.5) is 13.2 Å². The Morgan fingerprint density at radius 3 is 2.68 bits per heavy atom. The summed E-state index contributed by atoms with van der Waals surface area (Å²) in [7, 11) is 0. The van der Waals surface area contributed by atoms with Gasteiger partial charge < -0.3 is 15.3 Å². The summed E-state index contributed by atoms with van der Waals surface area (Å²) < 4.78 is 41.1. The number of H-pyrrole nitrogens is 1. The van der Waals surface area contributed by atoms with Crippen LogP contribution in [-0.2, 0) is 6.42 Å². The molecule has 2 aromatic heterocycles. The number of aromatic amines is 1. The van der Waals surface area contributed by atoms with Gasteiger partial charge in [0, 0.05) is 23.0 Å². The van der Waals surface area contributed by atoms with Gasteiger partial charge in [-0.05, 0) is 31.4 Å². The zero-order valence-electron chi connectivity index (χ0n) is 17.6. The molecular weight excluding hydrogens is 401 g/mol. The largest absolute Gasteiger partial charge is 0.397 e. The maximum Gasteiger partial charge on any atom is 0.393 e. The van der Waals surface area contributed by atoms with Gasteiger partial charge in [-0.3, -0.25) is 0 Å². The fourth-order valence-electron chi connectivity index (χ4n) is 4.60. The number of nitrogens with two attached hydrogens (primary N) is 1. The lowest BCUT2D eigenvalue weighted by atomic mass is 9.88. The van der Waals surface area contributed by atoms with E-state index >= 15 is 0 Å². The number of rotatable bonds is 5. The third kappa shape index (κ3) is 4.27. The Kier molecular flexibility index (Phi) is 5.69. The van der Waals surface area contributed by atoms with E-state index < -0.39 is 12.6 Å². The summed E-state index contributed by atoms with van der Waals surface area (Å²) in [6.07, 6.45) is 4.28. The predicted octanol–water partition coefficient (Wildman–Crippen LogP) is 6.60. The summed E-state index contributed by atoms with van der Waals surface area (Å²) >= 11 is 0. The fourth-order valence-corrected chi connectivity index (χ4v) is 4.60. The van der Waals surface area contributed by atoms with Gasteiger partial charge in [0.1, 0.15) is 11.5 Å². The molecule has 4 nitrogen and oxygen atoms in total. The summed E-state index contributed by atoms with van der Waals surface area (Å²) in [6.45, 7) is 5.88. The van der Waals surface area contributed by atoms with Crippen molar-refractivity contribution in [2.75, 3.05) is 0 Å². The molecule has 2 heterocycles. The molecule has 4 rings (SSSR count). The van der Waals surface area contributed by atoms with Gasteiger partial charge >= 0.3 is 6.18 Å². The van der Waals surface area contributed by atoms with Crippen LogP contribution in [0.15, 0.2) is 36.9 Å². The molecule has 0 spiro atoms. The van der Waals surface area contributed by atoms with Crippen molar-refractivity contribution in [1.82, 2.24) is 14.5 Å². The van der Waals surface area contributed by atoms with Gasteiger partial charge in [0.15, 0.2) is 0 Å². The lowest BCUT2D eigenvalue weighted by Gasteiger charge is -2.21. The molecule has 1 saturated carbocycles. The topological polar surface area (TPSA) is 59.6 Å². The molecular formula is C24H27F3N4. The van der Waals surface area contributed by atoms with Crippen molar-refractivity contribution in [3.63, 3.8) is 0 Å². The molecule has 0 amide bonds. The Morgan fingerprint density at radius 1 is 1.29 bits per heavy atom. The van der Waals surface area contributed by atoms with E-state index in [9.17, 15) is 13.2 Å². The van der Waals surface area contributed by atoms with Gasteiger partial charge in [0.25, 0.3) is 0 Å². The zero-order valence-corrected chi connectivity index (χ0v) is 17.6. The highest BCUT2D eigenvalue weighted by molar-refractivity contribution is 5.89. The first-order chi connectivity index (χ1) is 14.8. The van der Waals surface area contributed by atoms with Crippen LogP contribution >= 0.6 is 0 Å². The molecule has 0 bridgehead atoms. The van der Waals surface area contributed by atoms with E-state index in [4.69, 9.17) is 10.7 Å². The van der Waals surface area contributed by atoms with Crippen LogP contribution in [0, 0.1) is 0 Å². The Bertz CT molecular complexity index is 1130. The number of hydrogen-bond acceptors (Lipinski definition) is 2. The van der Waals surface area contributed by atoms with Gasteiger partial charge in [-0.2, -0.15) is 13.2 Å². The average molecular weight is 429 g/mol. The maximum absolute atomic E-state index is 13.1. The van der Waals surface area contributed by atoms with Crippen molar-refractivity contribution in [1.29, 1.82) is 0 Å². The number of allylic oxidation sites excluding steroid dienone is 1. The Balaban J connectivity index is 1.88. The second-order valence-corrected chi connectivity index (χ2v) is 8.24. The number of halogens is 3. The first-order valence-electron chi connectivity index (χ1n) is 10.7. The molecule has 3 aromatic rings. The molecule has 0 atom stereocenters. The molecule has 0 unspecified atom stereocenters. The van der Waals surface area contributed by atoms with Crippen molar-refractivity contribution >= 4 is 22.8 Å². The lowest BCUT2D eigenvalue weighted by molar-refractivity contribution is -0.127. The molecule has 1 fully saturated rings. The molecule has 3 N–H and O–H groups in total. The number of fused-ring (bicyclic) bond motifs is 1. The maximum atomic E-state index is 13.1. The quantitative estimate of drug-likeness (QED) is 0.481. The van der Waals surface area contributed by atoms with Crippen LogP contribution in [0.2, 0.25) is 0 Å². The second kappa shape index (κ2) is 8.29. The smallest absolute Gasteiger partial charge is 0.393 e.